The highest BCUT2D eigenvalue weighted by Crippen LogP contribution is 2.12. The Hall–Kier alpha value is -1.41. The molecular weight excluding hydrogens is 216 g/mol. The van der Waals surface area contributed by atoms with E-state index in [0.717, 1.165) is 12.0 Å². The number of hydrogen-bond acceptors (Lipinski definition) is 2. The lowest BCUT2D eigenvalue weighted by atomic mass is 10.0. The van der Waals surface area contributed by atoms with Gasteiger partial charge in [0.15, 0.2) is 5.78 Å². The summed E-state index contributed by atoms with van der Waals surface area (Å²) in [6.07, 6.45) is 1.44. The minimum atomic E-state index is 0.228. The second-order valence-electron chi connectivity index (χ2n) is 3.92. The van der Waals surface area contributed by atoms with Crippen LogP contribution in [-0.4, -0.2) is 5.78 Å². The van der Waals surface area contributed by atoms with E-state index < -0.39 is 0 Å². The van der Waals surface area contributed by atoms with Gasteiger partial charge in [0.25, 0.3) is 0 Å². The third-order valence-electron chi connectivity index (χ3n) is 2.59. The first kappa shape index (κ1) is 11.1. The Labute approximate surface area is 99.8 Å². The number of rotatable bonds is 4. The lowest BCUT2D eigenvalue weighted by Crippen LogP contribution is -2.00. The van der Waals surface area contributed by atoms with Crippen LogP contribution in [0, 0.1) is 6.92 Å². The van der Waals surface area contributed by atoms with Gasteiger partial charge in [-0.3, -0.25) is 4.79 Å². The van der Waals surface area contributed by atoms with Crippen LogP contribution in [0.4, 0.5) is 0 Å². The fourth-order valence-corrected chi connectivity index (χ4v) is 2.28. The molecule has 2 rings (SSSR count). The van der Waals surface area contributed by atoms with E-state index in [9.17, 15) is 4.79 Å². The molecule has 0 radical (unpaired) electrons. The van der Waals surface area contributed by atoms with Crippen LogP contribution in [0.3, 0.4) is 0 Å². The molecule has 0 aliphatic rings. The fraction of sp³-hybridized carbons (Fsp3) is 0.214. The SMILES string of the molecule is Cc1ccc(C(=O)CCc2ccsc2)cc1. The second kappa shape index (κ2) is 5.08. The molecule has 0 aliphatic carbocycles. The summed E-state index contributed by atoms with van der Waals surface area (Å²) in [5, 5.41) is 4.15. The Morgan fingerprint density at radius 1 is 1.19 bits per heavy atom. The number of benzene rings is 1. The van der Waals surface area contributed by atoms with Crippen LogP contribution in [0.25, 0.3) is 0 Å². The highest BCUT2D eigenvalue weighted by Gasteiger charge is 2.05. The van der Waals surface area contributed by atoms with E-state index in [1.807, 2.05) is 36.6 Å². The summed E-state index contributed by atoms with van der Waals surface area (Å²) in [7, 11) is 0. The molecule has 0 amide bonds. The van der Waals surface area contributed by atoms with Gasteiger partial charge in [0.05, 0.1) is 0 Å². The van der Waals surface area contributed by atoms with E-state index in [0.29, 0.717) is 6.42 Å². The third-order valence-corrected chi connectivity index (χ3v) is 3.33. The minimum absolute atomic E-state index is 0.228. The molecule has 0 aliphatic heterocycles. The summed E-state index contributed by atoms with van der Waals surface area (Å²) in [6.45, 7) is 2.03. The van der Waals surface area contributed by atoms with Crippen molar-refractivity contribution in [3.63, 3.8) is 0 Å². The van der Waals surface area contributed by atoms with Gasteiger partial charge in [-0.05, 0) is 35.7 Å². The highest BCUT2D eigenvalue weighted by atomic mass is 32.1. The lowest BCUT2D eigenvalue weighted by Gasteiger charge is -2.00. The zero-order valence-electron chi connectivity index (χ0n) is 9.27. The largest absolute Gasteiger partial charge is 0.294 e. The summed E-state index contributed by atoms with van der Waals surface area (Å²) >= 11 is 1.68. The van der Waals surface area contributed by atoms with Crippen molar-refractivity contribution in [3.05, 3.63) is 57.8 Å². The number of hydrogen-bond donors (Lipinski definition) is 0. The van der Waals surface area contributed by atoms with Gasteiger partial charge in [0, 0.05) is 12.0 Å². The van der Waals surface area contributed by atoms with E-state index in [1.165, 1.54) is 11.1 Å². The van der Waals surface area contributed by atoms with Crippen molar-refractivity contribution in [1.29, 1.82) is 0 Å². The Morgan fingerprint density at radius 2 is 1.94 bits per heavy atom. The van der Waals surface area contributed by atoms with Crippen LogP contribution in [-0.2, 0) is 6.42 Å². The highest BCUT2D eigenvalue weighted by molar-refractivity contribution is 7.07. The number of thiophene rings is 1. The number of aryl methyl sites for hydroxylation is 2. The molecule has 16 heavy (non-hydrogen) atoms. The molecule has 1 aromatic carbocycles. The molecule has 82 valence electrons. The van der Waals surface area contributed by atoms with E-state index in [2.05, 4.69) is 11.4 Å². The summed E-state index contributed by atoms with van der Waals surface area (Å²) in [5.41, 5.74) is 3.26. The molecule has 1 nitrogen and oxygen atoms in total. The zero-order valence-corrected chi connectivity index (χ0v) is 10.1. The van der Waals surface area contributed by atoms with Gasteiger partial charge in [-0.15, -0.1) is 0 Å². The van der Waals surface area contributed by atoms with Crippen molar-refractivity contribution in [2.75, 3.05) is 0 Å². The molecule has 2 aromatic rings. The first-order chi connectivity index (χ1) is 7.75. The van der Waals surface area contributed by atoms with Crippen molar-refractivity contribution in [2.45, 2.75) is 19.8 Å². The maximum atomic E-state index is 11.9. The lowest BCUT2D eigenvalue weighted by molar-refractivity contribution is 0.0983. The number of carbonyl (C=O) groups excluding carboxylic acids is 1. The van der Waals surface area contributed by atoms with Gasteiger partial charge in [0.1, 0.15) is 0 Å². The smallest absolute Gasteiger partial charge is 0.163 e. The predicted octanol–water partition coefficient (Wildman–Crippen LogP) is 3.87. The van der Waals surface area contributed by atoms with Crippen LogP contribution >= 0.6 is 11.3 Å². The third kappa shape index (κ3) is 2.80. The Morgan fingerprint density at radius 3 is 2.56 bits per heavy atom. The minimum Gasteiger partial charge on any atom is -0.294 e. The van der Waals surface area contributed by atoms with E-state index >= 15 is 0 Å². The Bertz CT molecular complexity index is 454. The first-order valence-corrected chi connectivity index (χ1v) is 6.31. The van der Waals surface area contributed by atoms with Crippen LogP contribution in [0.1, 0.15) is 27.9 Å². The van der Waals surface area contributed by atoms with Crippen LogP contribution in [0.2, 0.25) is 0 Å². The standard InChI is InChI=1S/C14H14OS/c1-11-2-5-13(6-3-11)14(15)7-4-12-8-9-16-10-12/h2-3,5-6,8-10H,4,7H2,1H3. The fourth-order valence-electron chi connectivity index (χ4n) is 1.58. The molecule has 1 aromatic heterocycles. The summed E-state index contributed by atoms with van der Waals surface area (Å²) < 4.78 is 0. The molecule has 0 N–H and O–H groups in total. The van der Waals surface area contributed by atoms with Crippen molar-refractivity contribution >= 4 is 17.1 Å². The molecule has 0 saturated heterocycles. The molecule has 0 spiro atoms. The second-order valence-corrected chi connectivity index (χ2v) is 4.70. The van der Waals surface area contributed by atoms with Gasteiger partial charge in [0.2, 0.25) is 0 Å². The molecule has 0 unspecified atom stereocenters. The van der Waals surface area contributed by atoms with Crippen molar-refractivity contribution in [3.8, 4) is 0 Å². The predicted molar refractivity (Wildman–Crippen MR) is 68.1 cm³/mol. The normalized spacial score (nSPS) is 10.3. The molecule has 0 fully saturated rings. The van der Waals surface area contributed by atoms with Gasteiger partial charge < -0.3 is 0 Å². The van der Waals surface area contributed by atoms with Crippen molar-refractivity contribution in [1.82, 2.24) is 0 Å². The average molecular weight is 230 g/mol. The summed E-state index contributed by atoms with van der Waals surface area (Å²) in [5.74, 6) is 0.228. The molecule has 0 bridgehead atoms. The number of carbonyl (C=O) groups is 1. The molecular formula is C14H14OS. The number of ketones is 1. The average Bonchev–Trinajstić information content (AvgIpc) is 2.80. The Kier molecular flexibility index (Phi) is 3.52. The number of Topliss-reactive ketones (excluding diaryl/α,β-unsaturated/α-hetero) is 1. The maximum absolute atomic E-state index is 11.9. The molecule has 0 atom stereocenters. The monoisotopic (exact) mass is 230 g/mol. The molecule has 1 heterocycles. The van der Waals surface area contributed by atoms with Crippen LogP contribution < -0.4 is 0 Å². The van der Waals surface area contributed by atoms with Crippen LogP contribution in [0.15, 0.2) is 41.1 Å². The Balaban J connectivity index is 1.95. The van der Waals surface area contributed by atoms with Gasteiger partial charge in [-0.1, -0.05) is 29.8 Å². The van der Waals surface area contributed by atoms with Gasteiger partial charge in [-0.2, -0.15) is 11.3 Å². The summed E-state index contributed by atoms with van der Waals surface area (Å²) in [6, 6.07) is 9.86. The van der Waals surface area contributed by atoms with E-state index in [-0.39, 0.29) is 5.78 Å². The van der Waals surface area contributed by atoms with Crippen molar-refractivity contribution < 1.29 is 4.79 Å². The van der Waals surface area contributed by atoms with Gasteiger partial charge in [-0.25, -0.2) is 0 Å². The molecule has 2 heteroatoms. The van der Waals surface area contributed by atoms with E-state index in [4.69, 9.17) is 0 Å². The molecule has 0 saturated carbocycles. The van der Waals surface area contributed by atoms with E-state index in [1.54, 1.807) is 11.3 Å². The topological polar surface area (TPSA) is 17.1 Å². The maximum Gasteiger partial charge on any atom is 0.163 e. The summed E-state index contributed by atoms with van der Waals surface area (Å²) in [4.78, 5) is 11.9. The van der Waals surface area contributed by atoms with Gasteiger partial charge >= 0.3 is 0 Å². The van der Waals surface area contributed by atoms with Crippen molar-refractivity contribution in [2.24, 2.45) is 0 Å². The van der Waals surface area contributed by atoms with Crippen LogP contribution in [0.5, 0.6) is 0 Å². The zero-order chi connectivity index (χ0) is 11.4. The first-order valence-electron chi connectivity index (χ1n) is 5.36. The quantitative estimate of drug-likeness (QED) is 0.729.